The minimum Gasteiger partial charge on any atom is -0.310 e. The Morgan fingerprint density at radius 2 is 2.19 bits per heavy atom. The van der Waals surface area contributed by atoms with Crippen LogP contribution in [0.5, 0.6) is 0 Å². The highest BCUT2D eigenvalue weighted by atomic mass is 35.5. The van der Waals surface area contributed by atoms with Crippen LogP contribution in [0.3, 0.4) is 0 Å². The molecular weight excluding hydrogens is 229 g/mol. The molecule has 1 aliphatic carbocycles. The number of benzene rings is 1. The molecule has 0 N–H and O–H groups in total. The first-order valence-electron chi connectivity index (χ1n) is 5.10. The Bertz CT molecular complexity index is 534. The molecule has 0 spiro atoms. The Balaban J connectivity index is 2.10. The minimum absolute atomic E-state index is 0.341. The summed E-state index contributed by atoms with van der Waals surface area (Å²) in [6.45, 7) is 0. The molecule has 0 atom stereocenters. The van der Waals surface area contributed by atoms with Crippen molar-refractivity contribution >= 4 is 11.6 Å². The first-order valence-corrected chi connectivity index (χ1v) is 5.48. The summed E-state index contributed by atoms with van der Waals surface area (Å²) >= 11 is 6.00. The summed E-state index contributed by atoms with van der Waals surface area (Å²) in [4.78, 5) is 0. The largest absolute Gasteiger partial charge is 0.310 e. The fourth-order valence-corrected chi connectivity index (χ4v) is 1.98. The quantitative estimate of drug-likeness (QED) is 0.804. The Kier molecular flexibility index (Phi) is 2.17. The van der Waals surface area contributed by atoms with E-state index in [1.54, 1.807) is 12.4 Å². The zero-order valence-corrected chi connectivity index (χ0v) is 9.15. The lowest BCUT2D eigenvalue weighted by atomic mass is 10.2. The fourth-order valence-electron chi connectivity index (χ4n) is 1.73. The van der Waals surface area contributed by atoms with E-state index in [1.807, 2.05) is 4.57 Å². The second-order valence-corrected chi connectivity index (χ2v) is 4.32. The van der Waals surface area contributed by atoms with Crippen LogP contribution in [0.4, 0.5) is 4.39 Å². The van der Waals surface area contributed by atoms with Crippen LogP contribution in [0.2, 0.25) is 5.02 Å². The van der Waals surface area contributed by atoms with Crippen molar-refractivity contribution in [2.75, 3.05) is 0 Å². The zero-order chi connectivity index (χ0) is 11.1. The molecule has 0 bridgehead atoms. The molecule has 1 aromatic heterocycles. The molecule has 0 amide bonds. The lowest BCUT2D eigenvalue weighted by molar-refractivity contribution is 0.628. The normalized spacial score (nSPS) is 15.4. The topological polar surface area (TPSA) is 30.7 Å². The summed E-state index contributed by atoms with van der Waals surface area (Å²) in [5.74, 6) is 0.374. The van der Waals surface area contributed by atoms with E-state index in [1.165, 1.54) is 12.1 Å². The van der Waals surface area contributed by atoms with Crippen molar-refractivity contribution < 1.29 is 4.39 Å². The monoisotopic (exact) mass is 237 g/mol. The molecule has 2 aromatic rings. The van der Waals surface area contributed by atoms with E-state index in [4.69, 9.17) is 11.6 Å². The molecule has 0 unspecified atom stereocenters. The van der Waals surface area contributed by atoms with E-state index in [0.717, 1.165) is 18.4 Å². The van der Waals surface area contributed by atoms with Crippen LogP contribution in [0.15, 0.2) is 24.5 Å². The minimum atomic E-state index is -0.341. The van der Waals surface area contributed by atoms with Crippen LogP contribution >= 0.6 is 11.6 Å². The third-order valence-corrected chi connectivity index (χ3v) is 3.00. The Labute approximate surface area is 96.9 Å². The maximum absolute atomic E-state index is 12.9. The number of rotatable bonds is 2. The molecule has 3 nitrogen and oxygen atoms in total. The van der Waals surface area contributed by atoms with Crippen molar-refractivity contribution in [3.05, 3.63) is 35.4 Å². The fraction of sp³-hybridized carbons (Fsp3) is 0.273. The smallest absolute Gasteiger partial charge is 0.165 e. The molecular formula is C11H9ClFN3. The van der Waals surface area contributed by atoms with Gasteiger partial charge in [0.15, 0.2) is 5.82 Å². The lowest BCUT2D eigenvalue weighted by Gasteiger charge is -2.06. The molecule has 0 aliphatic heterocycles. The van der Waals surface area contributed by atoms with Crippen molar-refractivity contribution in [1.82, 2.24) is 14.8 Å². The van der Waals surface area contributed by atoms with Gasteiger partial charge in [-0.05, 0) is 31.0 Å². The molecule has 1 aliphatic rings. The van der Waals surface area contributed by atoms with Crippen molar-refractivity contribution in [3.8, 4) is 11.4 Å². The average molecular weight is 238 g/mol. The summed E-state index contributed by atoms with van der Waals surface area (Å²) in [5.41, 5.74) is 0.729. The highest BCUT2D eigenvalue weighted by Crippen LogP contribution is 2.38. The Morgan fingerprint density at radius 3 is 2.88 bits per heavy atom. The van der Waals surface area contributed by atoms with Gasteiger partial charge in [0.05, 0.1) is 5.02 Å². The van der Waals surface area contributed by atoms with Crippen molar-refractivity contribution in [3.63, 3.8) is 0 Å². The molecule has 0 radical (unpaired) electrons. The van der Waals surface area contributed by atoms with Crippen LogP contribution < -0.4 is 0 Å². The van der Waals surface area contributed by atoms with Crippen molar-refractivity contribution in [2.24, 2.45) is 0 Å². The van der Waals surface area contributed by atoms with Gasteiger partial charge >= 0.3 is 0 Å². The summed E-state index contributed by atoms with van der Waals surface area (Å²) in [6, 6.07) is 4.79. The highest BCUT2D eigenvalue weighted by molar-refractivity contribution is 6.33. The number of halogens is 2. The van der Waals surface area contributed by atoms with Gasteiger partial charge in [-0.15, -0.1) is 10.2 Å². The number of hydrogen-bond donors (Lipinski definition) is 0. The van der Waals surface area contributed by atoms with Gasteiger partial charge in [-0.3, -0.25) is 0 Å². The molecule has 5 heteroatoms. The van der Waals surface area contributed by atoms with E-state index in [-0.39, 0.29) is 5.82 Å². The second kappa shape index (κ2) is 3.56. The average Bonchev–Trinajstić information content (AvgIpc) is 2.98. The molecule has 0 saturated heterocycles. The number of nitrogens with zero attached hydrogens (tertiary/aromatic N) is 3. The summed E-state index contributed by atoms with van der Waals surface area (Å²) < 4.78 is 14.9. The summed E-state index contributed by atoms with van der Waals surface area (Å²) in [5, 5.41) is 8.30. The molecule has 82 valence electrons. The van der Waals surface area contributed by atoms with Crippen LogP contribution in [0.25, 0.3) is 11.4 Å². The van der Waals surface area contributed by atoms with Gasteiger partial charge in [-0.1, -0.05) is 11.6 Å². The Hall–Kier alpha value is -1.42. The molecule has 1 heterocycles. The summed E-state index contributed by atoms with van der Waals surface area (Å²) in [7, 11) is 0. The van der Waals surface area contributed by atoms with E-state index >= 15 is 0 Å². The van der Waals surface area contributed by atoms with Gasteiger partial charge in [-0.2, -0.15) is 0 Å². The Morgan fingerprint density at radius 1 is 1.38 bits per heavy atom. The summed E-state index contributed by atoms with van der Waals surface area (Å²) in [6.07, 6.45) is 3.99. The van der Waals surface area contributed by atoms with Crippen molar-refractivity contribution in [2.45, 2.75) is 18.9 Å². The number of hydrogen-bond acceptors (Lipinski definition) is 2. The predicted molar refractivity (Wildman–Crippen MR) is 58.7 cm³/mol. The molecule has 16 heavy (non-hydrogen) atoms. The standard InChI is InChI=1S/C11H9ClFN3/c12-10-5-7(13)1-4-9(10)11-15-14-6-16(11)8-2-3-8/h1,4-6,8H,2-3H2. The molecule has 1 fully saturated rings. The maximum atomic E-state index is 12.9. The van der Waals surface area contributed by atoms with Gasteiger partial charge in [0.25, 0.3) is 0 Å². The molecule has 3 rings (SSSR count). The predicted octanol–water partition coefficient (Wildman–Crippen LogP) is 3.07. The van der Waals surface area contributed by atoms with Crippen LogP contribution in [-0.2, 0) is 0 Å². The van der Waals surface area contributed by atoms with E-state index in [9.17, 15) is 4.39 Å². The maximum Gasteiger partial charge on any atom is 0.165 e. The third kappa shape index (κ3) is 1.59. The van der Waals surface area contributed by atoms with Gasteiger partial charge in [0, 0.05) is 11.6 Å². The molecule has 1 aromatic carbocycles. The third-order valence-electron chi connectivity index (χ3n) is 2.69. The SMILES string of the molecule is Fc1ccc(-c2nncn2C2CC2)c(Cl)c1. The van der Waals surface area contributed by atoms with Crippen molar-refractivity contribution in [1.29, 1.82) is 0 Å². The first-order chi connectivity index (χ1) is 7.75. The lowest BCUT2D eigenvalue weighted by Crippen LogP contribution is -1.96. The van der Waals surface area contributed by atoms with Gasteiger partial charge in [0.2, 0.25) is 0 Å². The van der Waals surface area contributed by atoms with E-state index in [2.05, 4.69) is 10.2 Å². The van der Waals surface area contributed by atoms with Gasteiger partial charge in [-0.25, -0.2) is 4.39 Å². The van der Waals surface area contributed by atoms with E-state index in [0.29, 0.717) is 16.9 Å². The number of aromatic nitrogens is 3. The second-order valence-electron chi connectivity index (χ2n) is 3.92. The molecule has 1 saturated carbocycles. The first kappa shape index (κ1) is 9.78. The van der Waals surface area contributed by atoms with E-state index < -0.39 is 0 Å². The van der Waals surface area contributed by atoms with Gasteiger partial charge < -0.3 is 4.57 Å². The highest BCUT2D eigenvalue weighted by Gasteiger charge is 2.27. The van der Waals surface area contributed by atoms with Crippen LogP contribution in [0, 0.1) is 5.82 Å². The van der Waals surface area contributed by atoms with Crippen LogP contribution in [0.1, 0.15) is 18.9 Å². The zero-order valence-electron chi connectivity index (χ0n) is 8.40. The van der Waals surface area contributed by atoms with Gasteiger partial charge in [0.1, 0.15) is 12.1 Å². The van der Waals surface area contributed by atoms with Crippen LogP contribution in [-0.4, -0.2) is 14.8 Å².